The summed E-state index contributed by atoms with van der Waals surface area (Å²) in [4.78, 5) is 4.47. The Bertz CT molecular complexity index is 2660. The molecule has 0 N–H and O–H groups in total. The summed E-state index contributed by atoms with van der Waals surface area (Å²) >= 11 is 0. The minimum Gasteiger partial charge on any atom is -0.310 e. The molecule has 0 saturated carbocycles. The molecule has 0 saturated heterocycles. The third-order valence-corrected chi connectivity index (χ3v) is 10.2. The van der Waals surface area contributed by atoms with Gasteiger partial charge in [-0.25, -0.2) is 0 Å². The van der Waals surface area contributed by atoms with Gasteiger partial charge >= 0.3 is 6.18 Å². The average molecular weight is 747 g/mol. The van der Waals surface area contributed by atoms with Gasteiger partial charge in [0.15, 0.2) is 0 Å². The molecule has 0 amide bonds. The zero-order valence-electron chi connectivity index (χ0n) is 30.5. The van der Waals surface area contributed by atoms with Gasteiger partial charge < -0.3 is 14.4 Å². The Kier molecular flexibility index (Phi) is 9.00. The number of halogens is 3. The Morgan fingerprint density at radius 2 is 0.860 bits per heavy atom. The number of nitrogens with zero attached hydrogens (tertiary/aromatic N) is 4. The smallest absolute Gasteiger partial charge is 0.310 e. The molecule has 0 aliphatic rings. The van der Waals surface area contributed by atoms with E-state index in [2.05, 4.69) is 99.3 Å². The first-order valence-electron chi connectivity index (χ1n) is 18.5. The van der Waals surface area contributed by atoms with E-state index in [9.17, 15) is 18.4 Å². The van der Waals surface area contributed by atoms with Crippen molar-refractivity contribution in [1.82, 2.24) is 4.57 Å². The van der Waals surface area contributed by atoms with Crippen LogP contribution in [0.1, 0.15) is 11.1 Å². The van der Waals surface area contributed by atoms with E-state index in [0.29, 0.717) is 5.56 Å². The van der Waals surface area contributed by atoms with Crippen LogP contribution in [0.5, 0.6) is 0 Å². The lowest BCUT2D eigenvalue weighted by atomic mass is 9.97. The molecule has 0 radical (unpaired) electrons. The molecular formula is C50H33F3N4. The Hall–Kier alpha value is -7.56. The van der Waals surface area contributed by atoms with Crippen molar-refractivity contribution < 1.29 is 13.2 Å². The molecule has 9 rings (SSSR count). The van der Waals surface area contributed by atoms with Crippen LogP contribution in [-0.4, -0.2) is 4.57 Å². The van der Waals surface area contributed by atoms with Gasteiger partial charge in [-0.3, -0.25) is 0 Å². The van der Waals surface area contributed by atoms with Crippen LogP contribution in [0.25, 0.3) is 38.6 Å². The SMILES string of the molecule is N#Cc1ccc(-c2ccc(-n3c4ccc(N(c5ccccc5)c5ccccc5)cc4c4cc(N(c5ccccc5)c5ccccc5)ccc43)cc2)c(C(F)(F)F)c1. The van der Waals surface area contributed by atoms with E-state index in [4.69, 9.17) is 0 Å². The maximum Gasteiger partial charge on any atom is 0.417 e. The van der Waals surface area contributed by atoms with Crippen LogP contribution in [0.15, 0.2) is 200 Å². The van der Waals surface area contributed by atoms with Crippen LogP contribution in [0.3, 0.4) is 0 Å². The molecule has 8 aromatic carbocycles. The number of para-hydroxylation sites is 4. The number of hydrogen-bond acceptors (Lipinski definition) is 3. The quantitative estimate of drug-likeness (QED) is 0.155. The lowest BCUT2D eigenvalue weighted by Crippen LogP contribution is -2.09. The first-order chi connectivity index (χ1) is 27.9. The van der Waals surface area contributed by atoms with Crippen molar-refractivity contribution in [3.63, 3.8) is 0 Å². The number of nitriles is 1. The van der Waals surface area contributed by atoms with Gasteiger partial charge in [-0.05, 0) is 120 Å². The van der Waals surface area contributed by atoms with E-state index in [1.54, 1.807) is 12.1 Å². The van der Waals surface area contributed by atoms with Crippen molar-refractivity contribution in [2.45, 2.75) is 6.18 Å². The fourth-order valence-electron chi connectivity index (χ4n) is 7.65. The molecular weight excluding hydrogens is 714 g/mol. The second-order valence-electron chi connectivity index (χ2n) is 13.7. The Morgan fingerprint density at radius 1 is 0.439 bits per heavy atom. The predicted octanol–water partition coefficient (Wildman–Crippen LogP) is 14.3. The molecule has 0 fully saturated rings. The van der Waals surface area contributed by atoms with Crippen LogP contribution >= 0.6 is 0 Å². The first-order valence-corrected chi connectivity index (χ1v) is 18.5. The fourth-order valence-corrected chi connectivity index (χ4v) is 7.65. The highest BCUT2D eigenvalue weighted by atomic mass is 19.4. The molecule has 0 aliphatic carbocycles. The van der Waals surface area contributed by atoms with E-state index in [1.165, 1.54) is 12.1 Å². The van der Waals surface area contributed by atoms with Crippen LogP contribution in [0, 0.1) is 11.3 Å². The number of benzene rings is 8. The van der Waals surface area contributed by atoms with Crippen molar-refractivity contribution in [1.29, 1.82) is 5.26 Å². The van der Waals surface area contributed by atoms with Crippen molar-refractivity contribution in [2.24, 2.45) is 0 Å². The lowest BCUT2D eigenvalue weighted by molar-refractivity contribution is -0.137. The maximum absolute atomic E-state index is 14.2. The van der Waals surface area contributed by atoms with Gasteiger partial charge in [0, 0.05) is 50.6 Å². The average Bonchev–Trinajstić information content (AvgIpc) is 3.58. The van der Waals surface area contributed by atoms with Crippen molar-refractivity contribution >= 4 is 55.9 Å². The van der Waals surface area contributed by atoms with E-state index in [1.807, 2.05) is 91.0 Å². The summed E-state index contributed by atoms with van der Waals surface area (Å²) in [6.07, 6.45) is -4.62. The van der Waals surface area contributed by atoms with Crippen LogP contribution < -0.4 is 9.80 Å². The highest BCUT2D eigenvalue weighted by Gasteiger charge is 2.34. The van der Waals surface area contributed by atoms with Gasteiger partial charge in [-0.1, -0.05) is 91.0 Å². The highest BCUT2D eigenvalue weighted by molar-refractivity contribution is 6.12. The van der Waals surface area contributed by atoms with E-state index < -0.39 is 11.7 Å². The van der Waals surface area contributed by atoms with Crippen molar-refractivity contribution in [2.75, 3.05) is 9.80 Å². The van der Waals surface area contributed by atoms with Crippen molar-refractivity contribution in [3.05, 3.63) is 211 Å². The highest BCUT2D eigenvalue weighted by Crippen LogP contribution is 2.43. The summed E-state index contributed by atoms with van der Waals surface area (Å²) in [6.45, 7) is 0. The number of rotatable bonds is 8. The summed E-state index contributed by atoms with van der Waals surface area (Å²) in [7, 11) is 0. The van der Waals surface area contributed by atoms with Crippen LogP contribution in [-0.2, 0) is 6.18 Å². The number of hydrogen-bond donors (Lipinski definition) is 0. The molecule has 274 valence electrons. The molecule has 0 aliphatic heterocycles. The molecule has 7 heteroatoms. The van der Waals surface area contributed by atoms with Crippen molar-refractivity contribution in [3.8, 4) is 22.9 Å². The van der Waals surface area contributed by atoms with Crippen LogP contribution in [0.4, 0.5) is 47.3 Å². The Morgan fingerprint density at radius 3 is 1.25 bits per heavy atom. The molecule has 57 heavy (non-hydrogen) atoms. The van der Waals surface area contributed by atoms with Gasteiger partial charge in [0.05, 0.1) is 28.2 Å². The normalized spacial score (nSPS) is 11.4. The third kappa shape index (κ3) is 6.64. The second-order valence-corrected chi connectivity index (χ2v) is 13.7. The Labute approximate surface area is 328 Å². The number of alkyl halides is 3. The lowest BCUT2D eigenvalue weighted by Gasteiger charge is -2.26. The van der Waals surface area contributed by atoms with Gasteiger partial charge in [0.2, 0.25) is 0 Å². The summed E-state index contributed by atoms with van der Waals surface area (Å²) in [6, 6.07) is 66.6. The number of anilines is 6. The standard InChI is InChI=1S/C50H33F3N4/c51-50(52,53)47-31-35(34-54)21-28-44(47)36-22-24-41(25-23-36)57-48-29-26-42(55(37-13-5-1-6-14-37)38-15-7-2-8-16-38)32-45(48)46-33-43(27-30-49(46)57)56(39-17-9-3-10-18-39)40-19-11-4-12-20-40/h1-33H. The summed E-state index contributed by atoms with van der Waals surface area (Å²) in [5.41, 5.74) is 8.26. The minimum atomic E-state index is -4.62. The molecule has 0 bridgehead atoms. The summed E-state index contributed by atoms with van der Waals surface area (Å²) < 4.78 is 44.7. The molecule has 9 aromatic rings. The summed E-state index contributed by atoms with van der Waals surface area (Å²) in [5.74, 6) is 0. The largest absolute Gasteiger partial charge is 0.417 e. The zero-order chi connectivity index (χ0) is 38.9. The molecule has 0 spiro atoms. The van der Waals surface area contributed by atoms with Gasteiger partial charge in [-0.2, -0.15) is 18.4 Å². The predicted molar refractivity (Wildman–Crippen MR) is 225 cm³/mol. The number of aromatic nitrogens is 1. The van der Waals surface area contributed by atoms with Gasteiger partial charge in [-0.15, -0.1) is 0 Å². The molecule has 1 aromatic heterocycles. The number of fused-ring (bicyclic) bond motifs is 3. The van der Waals surface area contributed by atoms with E-state index in [0.717, 1.165) is 67.7 Å². The monoisotopic (exact) mass is 746 g/mol. The molecule has 1 heterocycles. The first kappa shape index (κ1) is 35.2. The topological polar surface area (TPSA) is 35.2 Å². The molecule has 4 nitrogen and oxygen atoms in total. The third-order valence-electron chi connectivity index (χ3n) is 10.2. The summed E-state index contributed by atoms with van der Waals surface area (Å²) in [5, 5.41) is 11.3. The van der Waals surface area contributed by atoms with E-state index >= 15 is 0 Å². The molecule has 0 atom stereocenters. The zero-order valence-corrected chi connectivity index (χ0v) is 30.5. The molecule has 0 unspecified atom stereocenters. The van der Waals surface area contributed by atoms with Crippen LogP contribution in [0.2, 0.25) is 0 Å². The second kappa shape index (κ2) is 14.6. The fraction of sp³-hybridized carbons (Fsp3) is 0.0200. The maximum atomic E-state index is 14.2. The van der Waals surface area contributed by atoms with E-state index in [-0.39, 0.29) is 11.1 Å². The minimum absolute atomic E-state index is 0.0217. The van der Waals surface area contributed by atoms with Gasteiger partial charge in [0.25, 0.3) is 0 Å². The Balaban J connectivity index is 1.26. The van der Waals surface area contributed by atoms with Gasteiger partial charge in [0.1, 0.15) is 0 Å².